The van der Waals surface area contributed by atoms with Crippen molar-refractivity contribution in [1.82, 2.24) is 0 Å². The van der Waals surface area contributed by atoms with Crippen LogP contribution >= 0.6 is 0 Å². The molecule has 100 valence electrons. The summed E-state index contributed by atoms with van der Waals surface area (Å²) in [5.74, 6) is 0.304. The molecule has 1 N–H and O–H groups in total. The molecule has 0 fully saturated rings. The Kier molecular flexibility index (Phi) is 3.61. The maximum Gasteiger partial charge on any atom is 0.242 e. The van der Waals surface area contributed by atoms with Crippen molar-refractivity contribution in [2.45, 2.75) is 20.8 Å². The summed E-state index contributed by atoms with van der Waals surface area (Å²) in [4.78, 5) is 12.0. The highest BCUT2D eigenvalue weighted by atomic mass is 16.7. The molecule has 0 saturated carbocycles. The molecule has 0 radical (unpaired) electrons. The molecule has 1 aliphatic rings. The molecule has 0 aromatic heterocycles. The van der Waals surface area contributed by atoms with Gasteiger partial charge in [-0.25, -0.2) is 0 Å². The van der Waals surface area contributed by atoms with Gasteiger partial charge >= 0.3 is 0 Å². The Balaban J connectivity index is 2.20. The van der Waals surface area contributed by atoms with Crippen LogP contribution in [0.5, 0.6) is 11.5 Å². The number of hydrogen-bond donors (Lipinski definition) is 1. The Bertz CT molecular complexity index is 546. The molecule has 1 aromatic rings. The van der Waals surface area contributed by atoms with Crippen molar-refractivity contribution < 1.29 is 14.3 Å². The Morgan fingerprint density at radius 1 is 1.37 bits per heavy atom. The van der Waals surface area contributed by atoms with Crippen LogP contribution in [0, 0.1) is 30.1 Å². The zero-order valence-electron chi connectivity index (χ0n) is 11.2. The number of carbonyl (C=O) groups is 1. The first kappa shape index (κ1) is 13.2. The van der Waals surface area contributed by atoms with Crippen LogP contribution in [0.15, 0.2) is 12.1 Å². The quantitative estimate of drug-likeness (QED) is 0.906. The topological polar surface area (TPSA) is 71.4 Å². The molecule has 1 heterocycles. The van der Waals surface area contributed by atoms with Gasteiger partial charge in [0.15, 0.2) is 11.5 Å². The van der Waals surface area contributed by atoms with E-state index in [1.807, 2.05) is 32.9 Å². The number of carbonyl (C=O) groups excluding carboxylic acids is 1. The van der Waals surface area contributed by atoms with Crippen LogP contribution in [0.2, 0.25) is 0 Å². The second-order valence-electron chi connectivity index (χ2n) is 4.86. The van der Waals surface area contributed by atoms with Gasteiger partial charge in [-0.3, -0.25) is 4.79 Å². The van der Waals surface area contributed by atoms with E-state index < -0.39 is 5.92 Å². The van der Waals surface area contributed by atoms with E-state index in [1.165, 1.54) is 0 Å². The minimum Gasteiger partial charge on any atom is -0.454 e. The second-order valence-corrected chi connectivity index (χ2v) is 4.86. The number of nitriles is 1. The van der Waals surface area contributed by atoms with Gasteiger partial charge < -0.3 is 14.8 Å². The standard InChI is InChI=1S/C14H16N2O3/c1-8(2)10(6-15)14(17)16-11-5-13-12(4-9(11)3)18-7-19-13/h4-5,8,10H,7H2,1-3H3,(H,16,17). The Hall–Kier alpha value is -2.22. The molecular formula is C14H16N2O3. The molecule has 2 rings (SSSR count). The summed E-state index contributed by atoms with van der Waals surface area (Å²) in [6, 6.07) is 5.57. The lowest BCUT2D eigenvalue weighted by Crippen LogP contribution is -2.25. The van der Waals surface area contributed by atoms with E-state index in [2.05, 4.69) is 5.32 Å². The Morgan fingerprint density at radius 3 is 2.58 bits per heavy atom. The van der Waals surface area contributed by atoms with Gasteiger partial charge in [0, 0.05) is 11.8 Å². The van der Waals surface area contributed by atoms with Crippen LogP contribution in [0.1, 0.15) is 19.4 Å². The van der Waals surface area contributed by atoms with Crippen LogP contribution in [0.4, 0.5) is 5.69 Å². The zero-order valence-corrected chi connectivity index (χ0v) is 11.2. The summed E-state index contributed by atoms with van der Waals surface area (Å²) in [6.45, 7) is 5.76. The summed E-state index contributed by atoms with van der Waals surface area (Å²) in [6.07, 6.45) is 0. The minimum absolute atomic E-state index is 0.0284. The summed E-state index contributed by atoms with van der Waals surface area (Å²) in [7, 11) is 0. The second kappa shape index (κ2) is 5.19. The lowest BCUT2D eigenvalue weighted by Gasteiger charge is -2.14. The molecule has 1 atom stereocenters. The smallest absolute Gasteiger partial charge is 0.242 e. The molecule has 1 amide bonds. The highest BCUT2D eigenvalue weighted by molar-refractivity contribution is 5.95. The first-order valence-corrected chi connectivity index (χ1v) is 6.13. The molecule has 5 nitrogen and oxygen atoms in total. The van der Waals surface area contributed by atoms with Crippen LogP contribution in [-0.2, 0) is 4.79 Å². The summed E-state index contributed by atoms with van der Waals surface area (Å²) in [5.41, 5.74) is 1.52. The van der Waals surface area contributed by atoms with Crippen LogP contribution < -0.4 is 14.8 Å². The van der Waals surface area contributed by atoms with Gasteiger partial charge in [-0.2, -0.15) is 5.26 Å². The summed E-state index contributed by atoms with van der Waals surface area (Å²) in [5, 5.41) is 11.8. The van der Waals surface area contributed by atoms with Crippen LogP contribution in [0.25, 0.3) is 0 Å². The van der Waals surface area contributed by atoms with Gasteiger partial charge in [-0.1, -0.05) is 13.8 Å². The molecule has 0 saturated heterocycles. The molecular weight excluding hydrogens is 244 g/mol. The van der Waals surface area contributed by atoms with Crippen molar-refractivity contribution >= 4 is 11.6 Å². The lowest BCUT2D eigenvalue weighted by molar-refractivity contribution is -0.119. The number of aryl methyl sites for hydroxylation is 1. The van der Waals surface area contributed by atoms with E-state index in [4.69, 9.17) is 14.7 Å². The van der Waals surface area contributed by atoms with Crippen molar-refractivity contribution in [3.8, 4) is 17.6 Å². The van der Waals surface area contributed by atoms with E-state index in [1.54, 1.807) is 6.07 Å². The average Bonchev–Trinajstić information content (AvgIpc) is 2.76. The number of nitrogens with zero attached hydrogens (tertiary/aromatic N) is 1. The van der Waals surface area contributed by atoms with E-state index in [9.17, 15) is 4.79 Å². The molecule has 0 aliphatic carbocycles. The number of rotatable bonds is 3. The molecule has 0 bridgehead atoms. The van der Waals surface area contributed by atoms with Crippen molar-refractivity contribution in [1.29, 1.82) is 5.26 Å². The van der Waals surface area contributed by atoms with Gasteiger partial charge in [0.2, 0.25) is 12.7 Å². The molecule has 1 unspecified atom stereocenters. The molecule has 19 heavy (non-hydrogen) atoms. The maximum absolute atomic E-state index is 12.0. The van der Waals surface area contributed by atoms with E-state index in [0.717, 1.165) is 5.56 Å². The minimum atomic E-state index is -0.662. The van der Waals surface area contributed by atoms with Crippen molar-refractivity contribution in [2.24, 2.45) is 11.8 Å². The normalized spacial score (nSPS) is 14.1. The first-order chi connectivity index (χ1) is 9.02. The van der Waals surface area contributed by atoms with Gasteiger partial charge in [0.05, 0.1) is 6.07 Å². The predicted octanol–water partition coefficient (Wildman–Crippen LogP) is 2.46. The third-order valence-electron chi connectivity index (χ3n) is 3.07. The van der Waals surface area contributed by atoms with Gasteiger partial charge in [0.1, 0.15) is 5.92 Å². The Morgan fingerprint density at radius 2 is 2.00 bits per heavy atom. The van der Waals surface area contributed by atoms with Crippen LogP contribution in [-0.4, -0.2) is 12.7 Å². The fourth-order valence-electron chi connectivity index (χ4n) is 1.90. The average molecular weight is 260 g/mol. The SMILES string of the molecule is Cc1cc2c(cc1NC(=O)C(C#N)C(C)C)OCO2. The molecule has 1 aliphatic heterocycles. The zero-order chi connectivity index (χ0) is 14.0. The molecule has 1 aromatic carbocycles. The van der Waals surface area contributed by atoms with E-state index >= 15 is 0 Å². The number of amides is 1. The summed E-state index contributed by atoms with van der Waals surface area (Å²) >= 11 is 0. The first-order valence-electron chi connectivity index (χ1n) is 6.13. The number of nitrogens with one attached hydrogen (secondary N) is 1. The number of fused-ring (bicyclic) bond motifs is 1. The summed E-state index contributed by atoms with van der Waals surface area (Å²) < 4.78 is 10.5. The molecule has 5 heteroatoms. The van der Waals surface area contributed by atoms with Crippen molar-refractivity contribution in [3.63, 3.8) is 0 Å². The van der Waals surface area contributed by atoms with Gasteiger partial charge in [0.25, 0.3) is 0 Å². The monoisotopic (exact) mass is 260 g/mol. The number of benzene rings is 1. The van der Waals surface area contributed by atoms with Gasteiger partial charge in [-0.05, 0) is 24.5 Å². The van der Waals surface area contributed by atoms with Crippen molar-refractivity contribution in [2.75, 3.05) is 12.1 Å². The fourth-order valence-corrected chi connectivity index (χ4v) is 1.90. The maximum atomic E-state index is 12.0. The number of ether oxygens (including phenoxy) is 2. The van der Waals surface area contributed by atoms with E-state index in [0.29, 0.717) is 17.2 Å². The predicted molar refractivity (Wildman–Crippen MR) is 69.9 cm³/mol. The highest BCUT2D eigenvalue weighted by Gasteiger charge is 2.23. The lowest BCUT2D eigenvalue weighted by atomic mass is 9.96. The molecule has 0 spiro atoms. The third kappa shape index (κ3) is 2.63. The third-order valence-corrected chi connectivity index (χ3v) is 3.07. The van der Waals surface area contributed by atoms with Crippen LogP contribution in [0.3, 0.4) is 0 Å². The van der Waals surface area contributed by atoms with Crippen molar-refractivity contribution in [3.05, 3.63) is 17.7 Å². The Labute approximate surface area is 112 Å². The number of anilines is 1. The number of hydrogen-bond acceptors (Lipinski definition) is 4. The largest absolute Gasteiger partial charge is 0.454 e. The highest BCUT2D eigenvalue weighted by Crippen LogP contribution is 2.36. The fraction of sp³-hybridized carbons (Fsp3) is 0.429. The van der Waals surface area contributed by atoms with E-state index in [-0.39, 0.29) is 18.6 Å². The van der Waals surface area contributed by atoms with Gasteiger partial charge in [-0.15, -0.1) is 0 Å².